The Kier molecular flexibility index (Phi) is 6.83. The molecule has 3 nitrogen and oxygen atoms in total. The number of aromatic nitrogens is 1. The molecular weight excluding hydrogens is 268 g/mol. The number of nitrogens with zero attached hydrogens (tertiary/aromatic N) is 1. The first-order valence-corrected chi connectivity index (χ1v) is 8.51. The van der Waals surface area contributed by atoms with Gasteiger partial charge in [0.25, 0.3) is 0 Å². The fourth-order valence-electron chi connectivity index (χ4n) is 2.52. The fraction of sp³-hybridized carbons (Fsp3) is 0.688. The van der Waals surface area contributed by atoms with Crippen LogP contribution in [-0.2, 0) is 6.54 Å². The molecule has 0 aromatic carbocycles. The Hall–Kier alpha value is -0.740. The fourth-order valence-corrected chi connectivity index (χ4v) is 3.34. The van der Waals surface area contributed by atoms with Crippen molar-refractivity contribution in [2.75, 3.05) is 19.9 Å². The second kappa shape index (κ2) is 7.89. The second-order valence-corrected chi connectivity index (χ2v) is 6.52. The number of methoxy groups -OCH3 is 1. The minimum Gasteiger partial charge on any atom is -0.496 e. The molecule has 0 amide bonds. The summed E-state index contributed by atoms with van der Waals surface area (Å²) < 4.78 is 5.79. The summed E-state index contributed by atoms with van der Waals surface area (Å²) >= 11 is 1.96. The van der Waals surface area contributed by atoms with Gasteiger partial charge in [0, 0.05) is 35.2 Å². The highest BCUT2D eigenvalue weighted by Gasteiger charge is 2.24. The van der Waals surface area contributed by atoms with Crippen LogP contribution < -0.4 is 10.1 Å². The molecule has 0 atom stereocenters. The van der Waals surface area contributed by atoms with Crippen LogP contribution in [0.5, 0.6) is 5.75 Å². The van der Waals surface area contributed by atoms with Crippen LogP contribution in [0.1, 0.15) is 43.5 Å². The van der Waals surface area contributed by atoms with Crippen molar-refractivity contribution in [3.8, 4) is 5.75 Å². The van der Waals surface area contributed by atoms with Crippen LogP contribution in [0, 0.1) is 13.8 Å². The Bertz CT molecular complexity index is 422. The number of aryl methyl sites for hydroxylation is 1. The molecule has 4 heteroatoms. The summed E-state index contributed by atoms with van der Waals surface area (Å²) in [4.78, 5) is 4.53. The number of ether oxygens (including phenoxy) is 1. The van der Waals surface area contributed by atoms with Gasteiger partial charge in [-0.3, -0.25) is 4.98 Å². The van der Waals surface area contributed by atoms with E-state index < -0.39 is 0 Å². The van der Waals surface area contributed by atoms with Crippen molar-refractivity contribution in [3.05, 3.63) is 23.0 Å². The van der Waals surface area contributed by atoms with Crippen molar-refractivity contribution in [1.29, 1.82) is 0 Å². The van der Waals surface area contributed by atoms with Gasteiger partial charge in [0.15, 0.2) is 0 Å². The lowest BCUT2D eigenvalue weighted by molar-refractivity contribution is 0.406. The van der Waals surface area contributed by atoms with Crippen LogP contribution in [0.2, 0.25) is 0 Å². The molecule has 1 heterocycles. The zero-order valence-corrected chi connectivity index (χ0v) is 14.5. The third kappa shape index (κ3) is 3.89. The molecule has 0 aliphatic rings. The summed E-state index contributed by atoms with van der Waals surface area (Å²) in [7, 11) is 1.72. The minimum atomic E-state index is 0.336. The predicted octanol–water partition coefficient (Wildman–Crippen LogP) is 3.72. The monoisotopic (exact) mass is 296 g/mol. The third-order valence-corrected chi connectivity index (χ3v) is 5.80. The molecular formula is C16H28N2OS. The van der Waals surface area contributed by atoms with Crippen molar-refractivity contribution < 1.29 is 4.74 Å². The highest BCUT2D eigenvalue weighted by molar-refractivity contribution is 8.00. The van der Waals surface area contributed by atoms with Crippen molar-refractivity contribution in [2.24, 2.45) is 0 Å². The lowest BCUT2D eigenvalue weighted by Gasteiger charge is -2.30. The van der Waals surface area contributed by atoms with Gasteiger partial charge >= 0.3 is 0 Å². The van der Waals surface area contributed by atoms with Crippen LogP contribution in [0.4, 0.5) is 0 Å². The van der Waals surface area contributed by atoms with Crippen LogP contribution in [0.25, 0.3) is 0 Å². The van der Waals surface area contributed by atoms with Crippen molar-refractivity contribution in [2.45, 2.75) is 51.8 Å². The molecule has 0 aliphatic heterocycles. The molecule has 0 unspecified atom stereocenters. The van der Waals surface area contributed by atoms with Gasteiger partial charge in [-0.25, -0.2) is 0 Å². The first-order chi connectivity index (χ1) is 9.53. The molecule has 0 radical (unpaired) electrons. The molecule has 114 valence electrons. The van der Waals surface area contributed by atoms with Gasteiger partial charge in [-0.1, -0.05) is 13.8 Å². The zero-order chi connectivity index (χ0) is 15.2. The summed E-state index contributed by atoms with van der Waals surface area (Å²) in [6, 6.07) is 0. The highest BCUT2D eigenvalue weighted by atomic mass is 32.2. The van der Waals surface area contributed by atoms with Gasteiger partial charge in [0.05, 0.1) is 12.8 Å². The van der Waals surface area contributed by atoms with E-state index >= 15 is 0 Å². The number of hydrogen-bond donors (Lipinski definition) is 1. The van der Waals surface area contributed by atoms with E-state index in [4.69, 9.17) is 4.74 Å². The van der Waals surface area contributed by atoms with E-state index in [1.807, 2.05) is 24.9 Å². The third-order valence-electron chi connectivity index (χ3n) is 4.21. The van der Waals surface area contributed by atoms with E-state index in [-0.39, 0.29) is 0 Å². The quantitative estimate of drug-likeness (QED) is 0.793. The smallest absolute Gasteiger partial charge is 0.128 e. The number of thioether (sulfide) groups is 1. The summed E-state index contributed by atoms with van der Waals surface area (Å²) in [6.07, 6.45) is 6.46. The Morgan fingerprint density at radius 1 is 1.30 bits per heavy atom. The van der Waals surface area contributed by atoms with E-state index in [0.717, 1.165) is 35.7 Å². The molecule has 0 fully saturated rings. The lowest BCUT2D eigenvalue weighted by Crippen LogP contribution is -2.36. The summed E-state index contributed by atoms with van der Waals surface area (Å²) in [5, 5.41) is 3.57. The maximum absolute atomic E-state index is 5.46. The number of rotatable bonds is 8. The Balaban J connectivity index is 2.71. The average Bonchev–Trinajstić information content (AvgIpc) is 2.47. The second-order valence-electron chi connectivity index (χ2n) is 5.24. The van der Waals surface area contributed by atoms with Gasteiger partial charge in [-0.2, -0.15) is 11.8 Å². The average molecular weight is 296 g/mol. The summed E-state index contributed by atoms with van der Waals surface area (Å²) in [6.45, 7) is 10.4. The largest absolute Gasteiger partial charge is 0.496 e. The molecule has 0 bridgehead atoms. The molecule has 1 N–H and O–H groups in total. The maximum Gasteiger partial charge on any atom is 0.128 e. The van der Waals surface area contributed by atoms with E-state index in [0.29, 0.717) is 4.75 Å². The zero-order valence-electron chi connectivity index (χ0n) is 13.7. The standard InChI is InChI=1S/C16H28N2OS/c1-7-16(8-2,20-6)11-17-10-14-13(4)15(19-5)12(3)9-18-14/h9,17H,7-8,10-11H2,1-6H3. The Labute approximate surface area is 127 Å². The molecule has 1 aromatic heterocycles. The van der Waals surface area contributed by atoms with Crippen LogP contribution in [-0.4, -0.2) is 29.6 Å². The molecule has 1 rings (SSSR count). The number of nitrogens with one attached hydrogen (secondary N) is 1. The van der Waals surface area contributed by atoms with Gasteiger partial charge in [-0.05, 0) is 32.9 Å². The van der Waals surface area contributed by atoms with Crippen molar-refractivity contribution in [3.63, 3.8) is 0 Å². The van der Waals surface area contributed by atoms with Crippen molar-refractivity contribution in [1.82, 2.24) is 10.3 Å². The molecule has 20 heavy (non-hydrogen) atoms. The van der Waals surface area contributed by atoms with E-state index in [9.17, 15) is 0 Å². The van der Waals surface area contributed by atoms with Gasteiger partial charge in [-0.15, -0.1) is 0 Å². The molecule has 0 saturated carbocycles. The summed E-state index contributed by atoms with van der Waals surface area (Å²) in [5.74, 6) is 0.957. The van der Waals surface area contributed by atoms with E-state index in [1.165, 1.54) is 12.8 Å². The van der Waals surface area contributed by atoms with Gasteiger partial charge in [0.2, 0.25) is 0 Å². The van der Waals surface area contributed by atoms with Crippen LogP contribution in [0.3, 0.4) is 0 Å². The van der Waals surface area contributed by atoms with E-state index in [1.54, 1.807) is 7.11 Å². The summed E-state index contributed by atoms with van der Waals surface area (Å²) in [5.41, 5.74) is 3.31. The SMILES string of the molecule is CCC(CC)(CNCc1ncc(C)c(OC)c1C)SC. The molecule has 0 aliphatic carbocycles. The van der Waals surface area contributed by atoms with Gasteiger partial charge in [0.1, 0.15) is 5.75 Å². The van der Waals surface area contributed by atoms with E-state index in [2.05, 4.69) is 37.3 Å². The normalized spacial score (nSPS) is 11.7. The first-order valence-electron chi connectivity index (χ1n) is 7.28. The Morgan fingerprint density at radius 3 is 2.45 bits per heavy atom. The highest BCUT2D eigenvalue weighted by Crippen LogP contribution is 2.30. The number of hydrogen-bond acceptors (Lipinski definition) is 4. The van der Waals surface area contributed by atoms with Gasteiger partial charge < -0.3 is 10.1 Å². The maximum atomic E-state index is 5.46. The minimum absolute atomic E-state index is 0.336. The lowest BCUT2D eigenvalue weighted by atomic mass is 10.0. The molecule has 0 saturated heterocycles. The number of pyridine rings is 1. The topological polar surface area (TPSA) is 34.2 Å². The predicted molar refractivity (Wildman–Crippen MR) is 88.8 cm³/mol. The molecule has 1 aromatic rings. The van der Waals surface area contributed by atoms with Crippen molar-refractivity contribution >= 4 is 11.8 Å². The Morgan fingerprint density at radius 2 is 1.95 bits per heavy atom. The van der Waals surface area contributed by atoms with Crippen LogP contribution in [0.15, 0.2) is 6.20 Å². The first kappa shape index (κ1) is 17.3. The molecule has 0 spiro atoms. The van der Waals surface area contributed by atoms with Crippen LogP contribution >= 0.6 is 11.8 Å².